The number of nitrogens with zero attached hydrogens (tertiary/aromatic N) is 1. The minimum absolute atomic E-state index is 0.101. The van der Waals surface area contributed by atoms with Crippen molar-refractivity contribution in [2.45, 2.75) is 45.4 Å². The summed E-state index contributed by atoms with van der Waals surface area (Å²) in [4.78, 5) is 14.8. The summed E-state index contributed by atoms with van der Waals surface area (Å²) >= 11 is 6.34. The molecule has 4 nitrogen and oxygen atoms in total. The maximum atomic E-state index is 12.6. The highest BCUT2D eigenvalue weighted by atomic mass is 35.5. The van der Waals surface area contributed by atoms with Gasteiger partial charge in [0.05, 0.1) is 6.04 Å². The van der Waals surface area contributed by atoms with Crippen LogP contribution in [-0.4, -0.2) is 36.0 Å². The first kappa shape index (κ1) is 19.9. The smallest absolute Gasteiger partial charge is 0.237 e. The third-order valence-electron chi connectivity index (χ3n) is 5.07. The van der Waals surface area contributed by atoms with Crippen LogP contribution in [0.2, 0.25) is 5.02 Å². The topological polar surface area (TPSA) is 44.4 Å². The summed E-state index contributed by atoms with van der Waals surface area (Å²) in [5.41, 5.74) is 3.60. The van der Waals surface area contributed by atoms with Crippen LogP contribution in [0.5, 0.6) is 0 Å². The number of likely N-dealkylation sites (N-methyl/N-ethyl adjacent to an activating group) is 1. The van der Waals surface area contributed by atoms with Crippen LogP contribution >= 0.6 is 11.6 Å². The van der Waals surface area contributed by atoms with E-state index in [1.54, 1.807) is 0 Å². The number of benzene rings is 2. The zero-order valence-corrected chi connectivity index (χ0v) is 16.8. The fraction of sp³-hybridized carbons (Fsp3) is 0.409. The predicted molar refractivity (Wildman–Crippen MR) is 111 cm³/mol. The molecule has 27 heavy (non-hydrogen) atoms. The zero-order valence-electron chi connectivity index (χ0n) is 16.0. The van der Waals surface area contributed by atoms with Crippen molar-refractivity contribution in [1.82, 2.24) is 15.5 Å². The van der Waals surface area contributed by atoms with E-state index >= 15 is 0 Å². The van der Waals surface area contributed by atoms with E-state index in [9.17, 15) is 4.79 Å². The molecule has 1 fully saturated rings. The number of aryl methyl sites for hydroxylation is 1. The molecule has 2 N–H and O–H groups in total. The van der Waals surface area contributed by atoms with Crippen molar-refractivity contribution >= 4 is 17.5 Å². The molecule has 3 rings (SSSR count). The van der Waals surface area contributed by atoms with Crippen LogP contribution in [0.25, 0.3) is 0 Å². The summed E-state index contributed by atoms with van der Waals surface area (Å²) in [5, 5.41) is 7.36. The van der Waals surface area contributed by atoms with Gasteiger partial charge in [0.2, 0.25) is 5.91 Å². The molecule has 2 aromatic carbocycles. The average Bonchev–Trinajstić information content (AvgIpc) is 3.05. The Morgan fingerprint density at radius 2 is 2.04 bits per heavy atom. The van der Waals surface area contributed by atoms with Gasteiger partial charge in [-0.05, 0) is 37.5 Å². The third-order valence-corrected chi connectivity index (χ3v) is 5.43. The van der Waals surface area contributed by atoms with E-state index in [4.69, 9.17) is 11.6 Å². The van der Waals surface area contributed by atoms with Crippen molar-refractivity contribution in [2.24, 2.45) is 0 Å². The van der Waals surface area contributed by atoms with E-state index in [2.05, 4.69) is 46.7 Å². The van der Waals surface area contributed by atoms with Gasteiger partial charge in [-0.2, -0.15) is 0 Å². The molecule has 0 aliphatic carbocycles. The monoisotopic (exact) mass is 385 g/mol. The molecule has 2 aromatic rings. The molecule has 0 bridgehead atoms. The highest BCUT2D eigenvalue weighted by molar-refractivity contribution is 6.31. The normalized spacial score (nSPS) is 20.0. The molecule has 1 aliphatic rings. The molecule has 0 spiro atoms. The molecular formula is C22H28ClN3O. The van der Waals surface area contributed by atoms with Gasteiger partial charge in [0.15, 0.2) is 0 Å². The molecule has 0 aromatic heterocycles. The van der Waals surface area contributed by atoms with Gasteiger partial charge in [-0.25, -0.2) is 0 Å². The van der Waals surface area contributed by atoms with Gasteiger partial charge in [0, 0.05) is 37.2 Å². The fourth-order valence-electron chi connectivity index (χ4n) is 3.72. The van der Waals surface area contributed by atoms with Gasteiger partial charge in [-0.15, -0.1) is 0 Å². The van der Waals surface area contributed by atoms with E-state index in [0.29, 0.717) is 13.1 Å². The van der Waals surface area contributed by atoms with Crippen molar-refractivity contribution in [1.29, 1.82) is 0 Å². The van der Waals surface area contributed by atoms with Gasteiger partial charge in [0.25, 0.3) is 0 Å². The number of carbonyl (C=O) groups is 1. The van der Waals surface area contributed by atoms with Gasteiger partial charge in [-0.1, -0.05) is 59.6 Å². The molecule has 1 amide bonds. The first-order valence-electron chi connectivity index (χ1n) is 9.61. The SMILES string of the molecule is CCNC(=O)[C@@H]1C[C@H](NCc2cccc(C)c2)CN1Cc1ccccc1Cl. The largest absolute Gasteiger partial charge is 0.355 e. The standard InChI is InChI=1S/C22H28ClN3O/c1-3-24-22(27)21-12-19(25-13-17-8-6-7-16(2)11-17)15-26(21)14-18-9-4-5-10-20(18)23/h4-11,19,21,25H,3,12-15H2,1-2H3,(H,24,27)/t19-,21-/m0/s1. The van der Waals surface area contributed by atoms with Gasteiger partial charge >= 0.3 is 0 Å². The quantitative estimate of drug-likeness (QED) is 0.766. The molecule has 0 unspecified atom stereocenters. The maximum Gasteiger partial charge on any atom is 0.237 e. The lowest BCUT2D eigenvalue weighted by Gasteiger charge is -2.23. The van der Waals surface area contributed by atoms with E-state index in [1.165, 1.54) is 11.1 Å². The van der Waals surface area contributed by atoms with Crippen molar-refractivity contribution in [3.63, 3.8) is 0 Å². The highest BCUT2D eigenvalue weighted by Crippen LogP contribution is 2.24. The van der Waals surface area contributed by atoms with E-state index in [0.717, 1.165) is 30.1 Å². The minimum Gasteiger partial charge on any atom is -0.355 e. The van der Waals surface area contributed by atoms with Crippen molar-refractivity contribution in [2.75, 3.05) is 13.1 Å². The van der Waals surface area contributed by atoms with Gasteiger partial charge in [-0.3, -0.25) is 9.69 Å². The summed E-state index contributed by atoms with van der Waals surface area (Å²) in [6, 6.07) is 16.5. The molecule has 0 radical (unpaired) electrons. The first-order valence-corrected chi connectivity index (χ1v) is 9.98. The lowest BCUT2D eigenvalue weighted by Crippen LogP contribution is -2.42. The molecule has 5 heteroatoms. The first-order chi connectivity index (χ1) is 13.1. The Labute approximate surface area is 166 Å². The Kier molecular flexibility index (Phi) is 6.89. The van der Waals surface area contributed by atoms with E-state index in [1.807, 2.05) is 31.2 Å². The Balaban J connectivity index is 1.67. The molecule has 1 saturated heterocycles. The predicted octanol–water partition coefficient (Wildman–Crippen LogP) is 3.52. The lowest BCUT2D eigenvalue weighted by molar-refractivity contribution is -0.125. The number of hydrogen-bond donors (Lipinski definition) is 2. The summed E-state index contributed by atoms with van der Waals surface area (Å²) in [7, 11) is 0. The number of carbonyl (C=O) groups excluding carboxylic acids is 1. The summed E-state index contributed by atoms with van der Waals surface area (Å²) in [6.45, 7) is 7.04. The van der Waals surface area contributed by atoms with Crippen LogP contribution in [0.4, 0.5) is 0 Å². The minimum atomic E-state index is -0.128. The van der Waals surface area contributed by atoms with Crippen LogP contribution in [0.1, 0.15) is 30.0 Å². The fourth-order valence-corrected chi connectivity index (χ4v) is 3.92. The van der Waals surface area contributed by atoms with Crippen LogP contribution < -0.4 is 10.6 Å². The Morgan fingerprint density at radius 3 is 2.78 bits per heavy atom. The van der Waals surface area contributed by atoms with Crippen LogP contribution in [0.3, 0.4) is 0 Å². The van der Waals surface area contributed by atoms with Crippen LogP contribution in [0.15, 0.2) is 48.5 Å². The lowest BCUT2D eigenvalue weighted by atomic mass is 10.1. The molecular weight excluding hydrogens is 358 g/mol. The second kappa shape index (κ2) is 9.36. The maximum absolute atomic E-state index is 12.6. The summed E-state index contributed by atoms with van der Waals surface area (Å²) < 4.78 is 0. The molecule has 1 heterocycles. The van der Waals surface area contributed by atoms with Crippen molar-refractivity contribution in [3.8, 4) is 0 Å². The number of amides is 1. The number of rotatable bonds is 7. The molecule has 1 aliphatic heterocycles. The molecule has 144 valence electrons. The second-order valence-electron chi connectivity index (χ2n) is 7.23. The Bertz CT molecular complexity index is 780. The second-order valence-corrected chi connectivity index (χ2v) is 7.64. The number of nitrogens with one attached hydrogen (secondary N) is 2. The van der Waals surface area contributed by atoms with Crippen LogP contribution in [0, 0.1) is 6.92 Å². The number of likely N-dealkylation sites (tertiary alicyclic amines) is 1. The highest BCUT2D eigenvalue weighted by Gasteiger charge is 2.36. The van der Waals surface area contributed by atoms with Crippen LogP contribution in [-0.2, 0) is 17.9 Å². The zero-order chi connectivity index (χ0) is 19.2. The average molecular weight is 386 g/mol. The summed E-state index contributed by atoms with van der Waals surface area (Å²) in [6.07, 6.45) is 0.808. The molecule has 2 atom stereocenters. The van der Waals surface area contributed by atoms with Gasteiger partial charge < -0.3 is 10.6 Å². The van der Waals surface area contributed by atoms with Crippen molar-refractivity contribution < 1.29 is 4.79 Å². The molecule has 0 saturated carbocycles. The Hall–Kier alpha value is -1.88. The van der Waals surface area contributed by atoms with E-state index in [-0.39, 0.29) is 18.0 Å². The van der Waals surface area contributed by atoms with E-state index < -0.39 is 0 Å². The van der Waals surface area contributed by atoms with Crippen molar-refractivity contribution in [3.05, 3.63) is 70.2 Å². The third kappa shape index (κ3) is 5.32. The summed E-state index contributed by atoms with van der Waals surface area (Å²) in [5.74, 6) is 0.101. The van der Waals surface area contributed by atoms with Gasteiger partial charge in [0.1, 0.15) is 0 Å². The number of halogens is 1. The Morgan fingerprint density at radius 1 is 1.22 bits per heavy atom. The number of hydrogen-bond acceptors (Lipinski definition) is 3.